The zero-order chi connectivity index (χ0) is 18.5. The van der Waals surface area contributed by atoms with Crippen molar-refractivity contribution in [2.45, 2.75) is 6.92 Å². The maximum absolute atomic E-state index is 12.1. The van der Waals surface area contributed by atoms with Gasteiger partial charge in [-0.3, -0.25) is 15.6 Å². The van der Waals surface area contributed by atoms with Gasteiger partial charge in [-0.2, -0.15) is 0 Å². The summed E-state index contributed by atoms with van der Waals surface area (Å²) in [5.74, 6) is 0.409. The van der Waals surface area contributed by atoms with Gasteiger partial charge in [-0.15, -0.1) is 0 Å². The summed E-state index contributed by atoms with van der Waals surface area (Å²) in [5, 5.41) is 3.79. The van der Waals surface area contributed by atoms with E-state index < -0.39 is 0 Å². The predicted molar refractivity (Wildman–Crippen MR) is 103 cm³/mol. The number of hydrogen-bond donors (Lipinski definition) is 4. The van der Waals surface area contributed by atoms with Gasteiger partial charge in [-0.1, -0.05) is 29.8 Å². The van der Waals surface area contributed by atoms with E-state index in [-0.39, 0.29) is 11.6 Å². The molecule has 0 fully saturated rings. The Hall–Kier alpha value is -3.32. The number of nitrogens with zero attached hydrogens (tertiary/aromatic N) is 2. The van der Waals surface area contributed by atoms with Crippen molar-refractivity contribution < 1.29 is 4.79 Å². The van der Waals surface area contributed by atoms with Crippen LogP contribution in [0.1, 0.15) is 15.9 Å². The van der Waals surface area contributed by atoms with Gasteiger partial charge < -0.3 is 11.1 Å². The number of rotatable bonds is 5. The number of nitrogen functional groups attached to an aromatic ring is 1. The number of amides is 1. The molecule has 0 unspecified atom stereocenters. The van der Waals surface area contributed by atoms with Crippen LogP contribution in [0.3, 0.4) is 0 Å². The minimum atomic E-state index is -0.299. The molecule has 3 rings (SSSR count). The van der Waals surface area contributed by atoms with Gasteiger partial charge in [0.2, 0.25) is 0 Å². The molecule has 7 nitrogen and oxygen atoms in total. The van der Waals surface area contributed by atoms with Crippen LogP contribution < -0.4 is 21.9 Å². The second kappa shape index (κ2) is 7.71. The van der Waals surface area contributed by atoms with Crippen molar-refractivity contribution in [3.8, 4) is 0 Å². The fourth-order valence-corrected chi connectivity index (χ4v) is 2.49. The number of hydrazine groups is 1. The van der Waals surface area contributed by atoms with Crippen LogP contribution >= 0.6 is 11.6 Å². The highest BCUT2D eigenvalue weighted by molar-refractivity contribution is 6.30. The fourth-order valence-electron chi connectivity index (χ4n) is 2.27. The quantitative estimate of drug-likeness (QED) is 0.513. The number of halogens is 1. The number of aryl methyl sites for hydroxylation is 1. The van der Waals surface area contributed by atoms with E-state index in [9.17, 15) is 4.79 Å². The van der Waals surface area contributed by atoms with Gasteiger partial charge in [0.15, 0.2) is 11.6 Å². The lowest BCUT2D eigenvalue weighted by Gasteiger charge is -2.14. The third-order valence-electron chi connectivity index (χ3n) is 3.66. The molecule has 0 atom stereocenters. The molecule has 0 bridgehead atoms. The first-order valence-corrected chi connectivity index (χ1v) is 8.17. The number of nitrogens with two attached hydrogens (primary N) is 1. The van der Waals surface area contributed by atoms with Crippen LogP contribution in [0, 0.1) is 6.92 Å². The lowest BCUT2D eigenvalue weighted by Crippen LogP contribution is -2.30. The summed E-state index contributed by atoms with van der Waals surface area (Å²) >= 11 is 5.97. The van der Waals surface area contributed by atoms with E-state index in [1.807, 2.05) is 25.1 Å². The Morgan fingerprint density at radius 1 is 1.08 bits per heavy atom. The topological polar surface area (TPSA) is 105 Å². The Kier molecular flexibility index (Phi) is 5.19. The summed E-state index contributed by atoms with van der Waals surface area (Å²) in [6.45, 7) is 1.92. The molecule has 1 heterocycles. The first-order valence-electron chi connectivity index (χ1n) is 7.79. The normalized spacial score (nSPS) is 10.2. The second-order valence-corrected chi connectivity index (χ2v) is 5.95. The zero-order valence-corrected chi connectivity index (χ0v) is 14.7. The maximum atomic E-state index is 12.1. The molecule has 0 aliphatic heterocycles. The largest absolute Gasteiger partial charge is 0.393 e. The van der Waals surface area contributed by atoms with Crippen molar-refractivity contribution in [2.24, 2.45) is 0 Å². The van der Waals surface area contributed by atoms with Gasteiger partial charge in [-0.25, -0.2) is 9.97 Å². The summed E-state index contributed by atoms with van der Waals surface area (Å²) in [6, 6.07) is 14.3. The molecule has 0 saturated carbocycles. The van der Waals surface area contributed by atoms with E-state index in [0.717, 1.165) is 11.3 Å². The number of aromatic nitrogens is 2. The third-order valence-corrected chi connectivity index (χ3v) is 3.89. The van der Waals surface area contributed by atoms with Crippen LogP contribution in [-0.4, -0.2) is 15.9 Å². The molecule has 8 heteroatoms. The van der Waals surface area contributed by atoms with Crippen LogP contribution in [0.5, 0.6) is 0 Å². The van der Waals surface area contributed by atoms with Crippen molar-refractivity contribution in [3.63, 3.8) is 0 Å². The van der Waals surface area contributed by atoms with E-state index in [4.69, 9.17) is 17.3 Å². The molecular weight excluding hydrogens is 352 g/mol. The van der Waals surface area contributed by atoms with Crippen molar-refractivity contribution in [3.05, 3.63) is 71.0 Å². The average molecular weight is 369 g/mol. The molecule has 0 radical (unpaired) electrons. The monoisotopic (exact) mass is 368 g/mol. The standard InChI is InChI=1S/C18H17ClN6O/c1-11-9-13(19)7-8-14(11)23-16-15(20)17(22-10-21-16)24-25-18(26)12-5-3-2-4-6-12/h2-10H,20H2,1H3,(H,25,26)(H2,21,22,23,24). The molecule has 0 saturated heterocycles. The van der Waals surface area contributed by atoms with E-state index in [1.165, 1.54) is 6.33 Å². The van der Waals surface area contributed by atoms with E-state index in [1.54, 1.807) is 30.3 Å². The summed E-state index contributed by atoms with van der Waals surface area (Å²) in [7, 11) is 0. The number of carbonyl (C=O) groups excluding carboxylic acids is 1. The zero-order valence-electron chi connectivity index (χ0n) is 14.0. The van der Waals surface area contributed by atoms with Crippen molar-refractivity contribution in [1.82, 2.24) is 15.4 Å². The third kappa shape index (κ3) is 4.01. The first kappa shape index (κ1) is 17.5. The Balaban J connectivity index is 1.74. The summed E-state index contributed by atoms with van der Waals surface area (Å²) in [5.41, 5.74) is 13.9. The molecule has 5 N–H and O–H groups in total. The van der Waals surface area contributed by atoms with Crippen LogP contribution in [-0.2, 0) is 0 Å². The highest BCUT2D eigenvalue weighted by Gasteiger charge is 2.11. The van der Waals surface area contributed by atoms with Crippen molar-refractivity contribution in [2.75, 3.05) is 16.5 Å². The molecule has 132 valence electrons. The van der Waals surface area contributed by atoms with E-state index in [0.29, 0.717) is 22.2 Å². The summed E-state index contributed by atoms with van der Waals surface area (Å²) < 4.78 is 0. The molecule has 2 aromatic carbocycles. The van der Waals surface area contributed by atoms with Crippen LogP contribution in [0.25, 0.3) is 0 Å². The number of anilines is 4. The summed E-state index contributed by atoms with van der Waals surface area (Å²) in [4.78, 5) is 20.3. The molecule has 26 heavy (non-hydrogen) atoms. The molecule has 1 amide bonds. The SMILES string of the molecule is Cc1cc(Cl)ccc1Nc1ncnc(NNC(=O)c2ccccc2)c1N. The van der Waals surface area contributed by atoms with Gasteiger partial charge in [-0.05, 0) is 42.8 Å². The lowest BCUT2D eigenvalue weighted by atomic mass is 10.2. The molecule has 1 aromatic heterocycles. The minimum absolute atomic E-state index is 0.273. The highest BCUT2D eigenvalue weighted by atomic mass is 35.5. The van der Waals surface area contributed by atoms with Crippen LogP contribution in [0.2, 0.25) is 5.02 Å². The number of benzene rings is 2. The average Bonchev–Trinajstić information content (AvgIpc) is 2.65. The van der Waals surface area contributed by atoms with Crippen LogP contribution in [0.4, 0.5) is 23.0 Å². The number of nitrogens with one attached hydrogen (secondary N) is 3. The Morgan fingerprint density at radius 2 is 1.81 bits per heavy atom. The van der Waals surface area contributed by atoms with Crippen LogP contribution in [0.15, 0.2) is 54.9 Å². The highest BCUT2D eigenvalue weighted by Crippen LogP contribution is 2.28. The number of hydrogen-bond acceptors (Lipinski definition) is 6. The van der Waals surface area contributed by atoms with Crippen molar-refractivity contribution >= 4 is 40.5 Å². The Morgan fingerprint density at radius 3 is 2.54 bits per heavy atom. The number of carbonyl (C=O) groups is 1. The minimum Gasteiger partial charge on any atom is -0.393 e. The fraction of sp³-hybridized carbons (Fsp3) is 0.0556. The van der Waals surface area contributed by atoms with Gasteiger partial charge in [0.25, 0.3) is 5.91 Å². The molecule has 0 aliphatic carbocycles. The van der Waals surface area contributed by atoms with Crippen molar-refractivity contribution in [1.29, 1.82) is 0 Å². The Labute approximate surface area is 155 Å². The van der Waals surface area contributed by atoms with Gasteiger partial charge >= 0.3 is 0 Å². The lowest BCUT2D eigenvalue weighted by molar-refractivity contribution is 0.0962. The predicted octanol–water partition coefficient (Wildman–Crippen LogP) is 3.52. The van der Waals surface area contributed by atoms with Gasteiger partial charge in [0, 0.05) is 16.3 Å². The first-order chi connectivity index (χ1) is 12.5. The van der Waals surface area contributed by atoms with Gasteiger partial charge in [0.05, 0.1) is 0 Å². The Bertz CT molecular complexity index is 932. The molecule has 0 aliphatic rings. The molecule has 0 spiro atoms. The smallest absolute Gasteiger partial charge is 0.269 e. The summed E-state index contributed by atoms with van der Waals surface area (Å²) in [6.07, 6.45) is 1.35. The molecule has 3 aromatic rings. The van der Waals surface area contributed by atoms with Gasteiger partial charge in [0.1, 0.15) is 12.0 Å². The maximum Gasteiger partial charge on any atom is 0.269 e. The molecular formula is C18H17ClN6O. The van der Waals surface area contributed by atoms with E-state index >= 15 is 0 Å². The van der Waals surface area contributed by atoms with E-state index in [2.05, 4.69) is 26.1 Å². The second-order valence-electron chi connectivity index (χ2n) is 5.51.